The van der Waals surface area contributed by atoms with Gasteiger partial charge in [0.15, 0.2) is 0 Å². The van der Waals surface area contributed by atoms with Gasteiger partial charge in [0.1, 0.15) is 0 Å². The standard InChI is InChI=1S/C13H15Br2N3O/c1-19-9-3-7-18-8-6-16-13(18)17-12-10(14)4-2-5-11(12)15/h2,4-6,8H,3,7,9H2,1H3,(H,16,17). The third kappa shape index (κ3) is 3.81. The highest BCUT2D eigenvalue weighted by molar-refractivity contribution is 9.11. The van der Waals surface area contributed by atoms with E-state index in [-0.39, 0.29) is 0 Å². The van der Waals surface area contributed by atoms with Crippen LogP contribution in [0.25, 0.3) is 0 Å². The smallest absolute Gasteiger partial charge is 0.207 e. The molecule has 102 valence electrons. The Bertz CT molecular complexity index is 522. The summed E-state index contributed by atoms with van der Waals surface area (Å²) in [6.07, 6.45) is 4.71. The first-order chi connectivity index (χ1) is 9.22. The zero-order chi connectivity index (χ0) is 13.7. The predicted octanol–water partition coefficient (Wildman–Crippen LogP) is 4.19. The Hall–Kier alpha value is -0.850. The zero-order valence-corrected chi connectivity index (χ0v) is 13.7. The monoisotopic (exact) mass is 387 g/mol. The van der Waals surface area contributed by atoms with E-state index in [4.69, 9.17) is 4.74 Å². The van der Waals surface area contributed by atoms with Gasteiger partial charge in [0, 0.05) is 41.6 Å². The van der Waals surface area contributed by atoms with Gasteiger partial charge in [-0.3, -0.25) is 0 Å². The minimum Gasteiger partial charge on any atom is -0.385 e. The van der Waals surface area contributed by atoms with Crippen molar-refractivity contribution in [2.24, 2.45) is 0 Å². The molecule has 19 heavy (non-hydrogen) atoms. The fraction of sp³-hybridized carbons (Fsp3) is 0.308. The molecule has 0 bridgehead atoms. The van der Waals surface area contributed by atoms with Crippen LogP contribution >= 0.6 is 31.9 Å². The first-order valence-corrected chi connectivity index (χ1v) is 7.52. The van der Waals surface area contributed by atoms with E-state index >= 15 is 0 Å². The predicted molar refractivity (Wildman–Crippen MR) is 83.8 cm³/mol. The van der Waals surface area contributed by atoms with Gasteiger partial charge in [0.25, 0.3) is 0 Å². The second-order valence-corrected chi connectivity index (χ2v) is 5.72. The van der Waals surface area contributed by atoms with E-state index in [1.807, 2.05) is 24.4 Å². The molecule has 4 nitrogen and oxygen atoms in total. The molecule has 0 aliphatic carbocycles. The van der Waals surface area contributed by atoms with Gasteiger partial charge < -0.3 is 14.6 Å². The van der Waals surface area contributed by atoms with Crippen molar-refractivity contribution in [2.75, 3.05) is 19.0 Å². The number of nitrogens with zero attached hydrogens (tertiary/aromatic N) is 2. The van der Waals surface area contributed by atoms with E-state index in [2.05, 4.69) is 46.7 Å². The number of aryl methyl sites for hydroxylation is 1. The van der Waals surface area contributed by atoms with E-state index in [1.54, 1.807) is 13.3 Å². The molecule has 0 atom stereocenters. The molecule has 0 saturated carbocycles. The van der Waals surface area contributed by atoms with E-state index in [0.717, 1.165) is 40.2 Å². The summed E-state index contributed by atoms with van der Waals surface area (Å²) in [5.41, 5.74) is 0.974. The van der Waals surface area contributed by atoms with Crippen LogP contribution < -0.4 is 5.32 Å². The summed E-state index contributed by atoms with van der Waals surface area (Å²) in [6, 6.07) is 5.96. The molecule has 6 heteroatoms. The van der Waals surface area contributed by atoms with Crippen LogP contribution in [0.4, 0.5) is 11.6 Å². The normalized spacial score (nSPS) is 10.7. The second-order valence-electron chi connectivity index (χ2n) is 4.01. The van der Waals surface area contributed by atoms with Crippen molar-refractivity contribution in [3.05, 3.63) is 39.5 Å². The summed E-state index contributed by atoms with van der Waals surface area (Å²) < 4.78 is 9.13. The molecule has 1 aromatic heterocycles. The highest BCUT2D eigenvalue weighted by atomic mass is 79.9. The molecule has 2 aromatic rings. The van der Waals surface area contributed by atoms with Gasteiger partial charge in [-0.25, -0.2) is 4.98 Å². The fourth-order valence-corrected chi connectivity index (χ4v) is 2.92. The molecule has 0 aliphatic rings. The summed E-state index contributed by atoms with van der Waals surface area (Å²) >= 11 is 7.06. The second kappa shape index (κ2) is 7.07. The van der Waals surface area contributed by atoms with Gasteiger partial charge in [-0.05, 0) is 50.4 Å². The largest absolute Gasteiger partial charge is 0.385 e. The number of imidazole rings is 1. The summed E-state index contributed by atoms with van der Waals surface area (Å²) in [5, 5.41) is 3.33. The molecular weight excluding hydrogens is 374 g/mol. The number of methoxy groups -OCH3 is 1. The topological polar surface area (TPSA) is 39.1 Å². The number of aromatic nitrogens is 2. The molecule has 1 N–H and O–H groups in total. The van der Waals surface area contributed by atoms with Crippen molar-refractivity contribution in [1.29, 1.82) is 0 Å². The van der Waals surface area contributed by atoms with Gasteiger partial charge >= 0.3 is 0 Å². The van der Waals surface area contributed by atoms with Crippen LogP contribution in [0, 0.1) is 0 Å². The quantitative estimate of drug-likeness (QED) is 0.754. The van der Waals surface area contributed by atoms with E-state index in [9.17, 15) is 0 Å². The first-order valence-electron chi connectivity index (χ1n) is 5.93. The molecule has 0 amide bonds. The molecule has 0 fully saturated rings. The Kier molecular flexibility index (Phi) is 5.42. The lowest BCUT2D eigenvalue weighted by Gasteiger charge is -2.12. The maximum Gasteiger partial charge on any atom is 0.207 e. The van der Waals surface area contributed by atoms with Crippen LogP contribution in [-0.2, 0) is 11.3 Å². The van der Waals surface area contributed by atoms with Crippen LogP contribution in [0.15, 0.2) is 39.5 Å². The SMILES string of the molecule is COCCCn1ccnc1Nc1c(Br)cccc1Br. The van der Waals surface area contributed by atoms with Crippen molar-refractivity contribution in [3.8, 4) is 0 Å². The van der Waals surface area contributed by atoms with Crippen molar-refractivity contribution >= 4 is 43.5 Å². The third-order valence-corrected chi connectivity index (χ3v) is 3.98. The third-order valence-electron chi connectivity index (χ3n) is 2.66. The summed E-state index contributed by atoms with van der Waals surface area (Å²) in [7, 11) is 1.71. The van der Waals surface area contributed by atoms with Crippen molar-refractivity contribution < 1.29 is 4.74 Å². The number of benzene rings is 1. The molecule has 2 rings (SSSR count). The number of nitrogens with one attached hydrogen (secondary N) is 1. The summed E-state index contributed by atoms with van der Waals surface area (Å²) in [6.45, 7) is 1.62. The van der Waals surface area contributed by atoms with Crippen LogP contribution in [0.5, 0.6) is 0 Å². The lowest BCUT2D eigenvalue weighted by atomic mass is 10.3. The van der Waals surface area contributed by atoms with Crippen molar-refractivity contribution in [2.45, 2.75) is 13.0 Å². The summed E-state index contributed by atoms with van der Waals surface area (Å²) in [5.74, 6) is 0.823. The number of anilines is 2. The van der Waals surface area contributed by atoms with Crippen LogP contribution in [-0.4, -0.2) is 23.3 Å². The average Bonchev–Trinajstić information content (AvgIpc) is 2.82. The number of halogens is 2. The lowest BCUT2D eigenvalue weighted by molar-refractivity contribution is 0.190. The minimum absolute atomic E-state index is 0.746. The average molecular weight is 389 g/mol. The number of hydrogen-bond donors (Lipinski definition) is 1. The Morgan fingerprint density at radius 1 is 1.32 bits per heavy atom. The summed E-state index contributed by atoms with van der Waals surface area (Å²) in [4.78, 5) is 4.34. The molecule has 0 spiro atoms. The lowest BCUT2D eigenvalue weighted by Crippen LogP contribution is -2.05. The number of rotatable bonds is 6. The number of hydrogen-bond acceptors (Lipinski definition) is 3. The highest BCUT2D eigenvalue weighted by Gasteiger charge is 2.08. The van der Waals surface area contributed by atoms with Crippen molar-refractivity contribution in [1.82, 2.24) is 9.55 Å². The van der Waals surface area contributed by atoms with Crippen LogP contribution in [0.1, 0.15) is 6.42 Å². The molecule has 0 aliphatic heterocycles. The Labute approximate surface area is 129 Å². The number of ether oxygens (including phenoxy) is 1. The molecule has 0 saturated heterocycles. The van der Waals surface area contributed by atoms with Gasteiger partial charge in [0.2, 0.25) is 5.95 Å². The highest BCUT2D eigenvalue weighted by Crippen LogP contribution is 2.32. The van der Waals surface area contributed by atoms with E-state index in [1.165, 1.54) is 0 Å². The first kappa shape index (κ1) is 14.6. The Morgan fingerprint density at radius 2 is 2.05 bits per heavy atom. The van der Waals surface area contributed by atoms with Crippen molar-refractivity contribution in [3.63, 3.8) is 0 Å². The maximum atomic E-state index is 5.07. The zero-order valence-electron chi connectivity index (χ0n) is 10.6. The van der Waals surface area contributed by atoms with Gasteiger partial charge in [0.05, 0.1) is 5.69 Å². The van der Waals surface area contributed by atoms with E-state index < -0.39 is 0 Å². The Balaban J connectivity index is 2.13. The molecule has 1 heterocycles. The molecule has 0 radical (unpaired) electrons. The molecular formula is C13H15Br2N3O. The molecule has 1 aromatic carbocycles. The molecule has 0 unspecified atom stereocenters. The van der Waals surface area contributed by atoms with Gasteiger partial charge in [-0.15, -0.1) is 0 Å². The fourth-order valence-electron chi connectivity index (χ4n) is 1.72. The minimum atomic E-state index is 0.746. The van der Waals surface area contributed by atoms with Crippen LogP contribution in [0.2, 0.25) is 0 Å². The van der Waals surface area contributed by atoms with Gasteiger partial charge in [-0.1, -0.05) is 6.07 Å². The number of para-hydroxylation sites is 1. The Morgan fingerprint density at radius 3 is 2.74 bits per heavy atom. The van der Waals surface area contributed by atoms with E-state index in [0.29, 0.717) is 0 Å². The maximum absolute atomic E-state index is 5.07. The van der Waals surface area contributed by atoms with Crippen LogP contribution in [0.3, 0.4) is 0 Å². The van der Waals surface area contributed by atoms with Gasteiger partial charge in [-0.2, -0.15) is 0 Å².